The van der Waals surface area contributed by atoms with Gasteiger partial charge in [0.05, 0.1) is 6.61 Å². The van der Waals surface area contributed by atoms with Gasteiger partial charge >= 0.3 is 5.97 Å². The van der Waals surface area contributed by atoms with Crippen molar-refractivity contribution in [2.24, 2.45) is 5.73 Å². The van der Waals surface area contributed by atoms with Crippen molar-refractivity contribution in [2.75, 3.05) is 20.3 Å². The Balaban J connectivity index is 3.83. The molecule has 1 atom stereocenters. The van der Waals surface area contributed by atoms with Crippen molar-refractivity contribution in [3.05, 3.63) is 0 Å². The van der Waals surface area contributed by atoms with Crippen LogP contribution in [-0.4, -0.2) is 31.8 Å². The number of rotatable bonds is 6. The van der Waals surface area contributed by atoms with E-state index in [0.29, 0.717) is 19.6 Å². The van der Waals surface area contributed by atoms with Crippen LogP contribution in [0.5, 0.6) is 0 Å². The Bertz CT molecular complexity index is 157. The fraction of sp³-hybridized carbons (Fsp3) is 0.889. The van der Waals surface area contributed by atoms with E-state index in [1.807, 2.05) is 0 Å². The Labute approximate surface area is 79.4 Å². The highest BCUT2D eigenvalue weighted by molar-refractivity contribution is 5.79. The number of ether oxygens (including phenoxy) is 2. The molecule has 0 aromatic rings. The van der Waals surface area contributed by atoms with Crippen molar-refractivity contribution in [1.29, 1.82) is 0 Å². The molecule has 2 N–H and O–H groups in total. The first-order valence-electron chi connectivity index (χ1n) is 4.49. The topological polar surface area (TPSA) is 61.5 Å². The number of esters is 1. The molecule has 13 heavy (non-hydrogen) atoms. The summed E-state index contributed by atoms with van der Waals surface area (Å²) in [5, 5.41) is 0. The van der Waals surface area contributed by atoms with Crippen molar-refractivity contribution >= 4 is 5.97 Å². The number of methoxy groups -OCH3 is 1. The predicted molar refractivity (Wildman–Crippen MR) is 50.3 cm³/mol. The van der Waals surface area contributed by atoms with Gasteiger partial charge in [-0.05, 0) is 26.7 Å². The van der Waals surface area contributed by atoms with E-state index in [-0.39, 0.29) is 5.97 Å². The van der Waals surface area contributed by atoms with E-state index in [2.05, 4.69) is 0 Å². The summed E-state index contributed by atoms with van der Waals surface area (Å²) in [7, 11) is 1.62. The molecule has 4 nitrogen and oxygen atoms in total. The van der Waals surface area contributed by atoms with Crippen molar-refractivity contribution in [3.63, 3.8) is 0 Å². The van der Waals surface area contributed by atoms with Gasteiger partial charge in [0.1, 0.15) is 5.54 Å². The molecule has 0 aliphatic heterocycles. The molecule has 0 aliphatic carbocycles. The Morgan fingerprint density at radius 3 is 2.62 bits per heavy atom. The summed E-state index contributed by atoms with van der Waals surface area (Å²) in [5.74, 6) is -0.342. The summed E-state index contributed by atoms with van der Waals surface area (Å²) in [5.41, 5.74) is 4.88. The molecule has 0 rings (SSSR count). The molecule has 0 saturated heterocycles. The monoisotopic (exact) mass is 189 g/mol. The van der Waals surface area contributed by atoms with Crippen molar-refractivity contribution in [1.82, 2.24) is 0 Å². The summed E-state index contributed by atoms with van der Waals surface area (Å²) in [4.78, 5) is 11.3. The summed E-state index contributed by atoms with van der Waals surface area (Å²) < 4.78 is 9.70. The Hall–Kier alpha value is -0.610. The molecular weight excluding hydrogens is 170 g/mol. The van der Waals surface area contributed by atoms with Crippen LogP contribution in [0.1, 0.15) is 26.7 Å². The highest BCUT2D eigenvalue weighted by Gasteiger charge is 2.28. The summed E-state index contributed by atoms with van der Waals surface area (Å²) in [6.45, 7) is 4.44. The lowest BCUT2D eigenvalue weighted by Gasteiger charge is -2.21. The molecule has 4 heteroatoms. The minimum atomic E-state index is -0.880. The fourth-order valence-corrected chi connectivity index (χ4v) is 0.982. The van der Waals surface area contributed by atoms with Gasteiger partial charge < -0.3 is 15.2 Å². The largest absolute Gasteiger partial charge is 0.465 e. The molecule has 0 amide bonds. The summed E-state index contributed by atoms with van der Waals surface area (Å²) in [6.07, 6.45) is 1.35. The van der Waals surface area contributed by atoms with E-state index in [1.54, 1.807) is 21.0 Å². The van der Waals surface area contributed by atoms with Crippen molar-refractivity contribution in [3.8, 4) is 0 Å². The summed E-state index contributed by atoms with van der Waals surface area (Å²) >= 11 is 0. The third-order valence-corrected chi connectivity index (χ3v) is 1.79. The Morgan fingerprint density at radius 1 is 1.54 bits per heavy atom. The van der Waals surface area contributed by atoms with Gasteiger partial charge in [0.25, 0.3) is 0 Å². The number of hydrogen-bond donors (Lipinski definition) is 1. The van der Waals surface area contributed by atoms with Gasteiger partial charge in [-0.25, -0.2) is 0 Å². The van der Waals surface area contributed by atoms with Crippen LogP contribution in [0.2, 0.25) is 0 Å². The fourth-order valence-electron chi connectivity index (χ4n) is 0.982. The zero-order valence-electron chi connectivity index (χ0n) is 8.63. The number of nitrogens with two attached hydrogens (primary N) is 1. The van der Waals surface area contributed by atoms with E-state index in [4.69, 9.17) is 15.2 Å². The molecule has 0 fully saturated rings. The smallest absolute Gasteiger partial charge is 0.325 e. The Kier molecular flexibility index (Phi) is 5.66. The van der Waals surface area contributed by atoms with Crippen LogP contribution in [0.25, 0.3) is 0 Å². The third-order valence-electron chi connectivity index (χ3n) is 1.79. The van der Waals surface area contributed by atoms with Gasteiger partial charge in [0.2, 0.25) is 0 Å². The molecule has 0 aromatic heterocycles. The first-order chi connectivity index (χ1) is 6.04. The van der Waals surface area contributed by atoms with E-state index < -0.39 is 5.54 Å². The lowest BCUT2D eigenvalue weighted by atomic mass is 9.98. The molecule has 0 saturated carbocycles. The van der Waals surface area contributed by atoms with E-state index >= 15 is 0 Å². The van der Waals surface area contributed by atoms with Crippen molar-refractivity contribution < 1.29 is 14.3 Å². The SMILES string of the molecule is CCOC(=O)C(C)(N)CCCOC. The maximum atomic E-state index is 11.3. The van der Waals surface area contributed by atoms with Crippen LogP contribution < -0.4 is 5.73 Å². The maximum Gasteiger partial charge on any atom is 0.325 e. The van der Waals surface area contributed by atoms with Gasteiger partial charge in [-0.1, -0.05) is 0 Å². The minimum Gasteiger partial charge on any atom is -0.465 e. The molecule has 1 unspecified atom stereocenters. The third kappa shape index (κ3) is 4.85. The quantitative estimate of drug-likeness (QED) is 0.493. The zero-order chi connectivity index (χ0) is 10.3. The van der Waals surface area contributed by atoms with Gasteiger partial charge in [0.15, 0.2) is 0 Å². The second-order valence-corrected chi connectivity index (χ2v) is 3.23. The van der Waals surface area contributed by atoms with E-state index in [9.17, 15) is 4.79 Å². The van der Waals surface area contributed by atoms with Crippen LogP contribution >= 0.6 is 0 Å². The van der Waals surface area contributed by atoms with Gasteiger partial charge in [-0.2, -0.15) is 0 Å². The maximum absolute atomic E-state index is 11.3. The summed E-state index contributed by atoms with van der Waals surface area (Å²) in [6, 6.07) is 0. The average molecular weight is 189 g/mol. The van der Waals surface area contributed by atoms with Crippen LogP contribution in [0.15, 0.2) is 0 Å². The van der Waals surface area contributed by atoms with Crippen LogP contribution in [0, 0.1) is 0 Å². The predicted octanol–water partition coefficient (Wildman–Crippen LogP) is 0.693. The van der Waals surface area contributed by atoms with Gasteiger partial charge in [0, 0.05) is 13.7 Å². The molecule has 0 aliphatic rings. The second-order valence-electron chi connectivity index (χ2n) is 3.23. The minimum absolute atomic E-state index is 0.342. The first kappa shape index (κ1) is 12.4. The highest BCUT2D eigenvalue weighted by Crippen LogP contribution is 2.10. The second kappa shape index (κ2) is 5.94. The number of hydrogen-bond acceptors (Lipinski definition) is 4. The number of carbonyl (C=O) groups excluding carboxylic acids is 1. The van der Waals surface area contributed by atoms with Gasteiger partial charge in [-0.3, -0.25) is 4.79 Å². The van der Waals surface area contributed by atoms with Crippen LogP contribution in [-0.2, 0) is 14.3 Å². The lowest BCUT2D eigenvalue weighted by Crippen LogP contribution is -2.46. The molecule has 0 radical (unpaired) electrons. The van der Waals surface area contributed by atoms with E-state index in [1.165, 1.54) is 0 Å². The normalized spacial score (nSPS) is 15.1. The molecule has 0 spiro atoms. The average Bonchev–Trinajstić information content (AvgIpc) is 2.05. The number of carbonyl (C=O) groups is 1. The zero-order valence-corrected chi connectivity index (χ0v) is 8.63. The molecular formula is C9H19NO3. The molecule has 0 bridgehead atoms. The standard InChI is InChI=1S/C9H19NO3/c1-4-13-8(11)9(2,10)6-5-7-12-3/h4-7,10H2,1-3H3. The highest BCUT2D eigenvalue weighted by atomic mass is 16.5. The van der Waals surface area contributed by atoms with Gasteiger partial charge in [-0.15, -0.1) is 0 Å². The Morgan fingerprint density at radius 2 is 2.15 bits per heavy atom. The van der Waals surface area contributed by atoms with Crippen LogP contribution in [0.3, 0.4) is 0 Å². The molecule has 78 valence electrons. The first-order valence-corrected chi connectivity index (χ1v) is 4.49. The van der Waals surface area contributed by atoms with Crippen LogP contribution in [0.4, 0.5) is 0 Å². The molecule has 0 aromatic carbocycles. The van der Waals surface area contributed by atoms with Crippen molar-refractivity contribution in [2.45, 2.75) is 32.2 Å². The lowest BCUT2D eigenvalue weighted by molar-refractivity contribution is -0.149. The van der Waals surface area contributed by atoms with E-state index in [0.717, 1.165) is 6.42 Å². The molecule has 0 heterocycles.